The molecule has 0 spiro atoms. The zero-order valence-corrected chi connectivity index (χ0v) is 14.3. The third kappa shape index (κ3) is 4.79. The summed E-state index contributed by atoms with van der Waals surface area (Å²) in [7, 11) is -3.82. The van der Waals surface area contributed by atoms with E-state index in [0.29, 0.717) is 10.7 Å². The summed E-state index contributed by atoms with van der Waals surface area (Å²) in [6.45, 7) is 3.42. The smallest absolute Gasteiger partial charge is 0.242 e. The van der Waals surface area contributed by atoms with Gasteiger partial charge in [0.05, 0.1) is 10.9 Å². The Bertz CT molecular complexity index is 804. The second-order valence-corrected chi connectivity index (χ2v) is 7.31. The van der Waals surface area contributed by atoms with E-state index in [1.165, 1.54) is 25.1 Å². The molecule has 0 aliphatic carbocycles. The third-order valence-electron chi connectivity index (χ3n) is 3.15. The van der Waals surface area contributed by atoms with Crippen molar-refractivity contribution in [1.82, 2.24) is 4.72 Å². The van der Waals surface area contributed by atoms with Crippen molar-refractivity contribution in [3.05, 3.63) is 59.1 Å². The van der Waals surface area contributed by atoms with Crippen molar-refractivity contribution in [2.75, 3.05) is 5.32 Å². The highest BCUT2D eigenvalue weighted by Gasteiger charge is 2.22. The van der Waals surface area contributed by atoms with E-state index in [4.69, 9.17) is 11.6 Å². The maximum absolute atomic E-state index is 12.2. The van der Waals surface area contributed by atoms with Gasteiger partial charge in [-0.25, -0.2) is 8.42 Å². The first-order valence-electron chi connectivity index (χ1n) is 6.93. The van der Waals surface area contributed by atoms with E-state index < -0.39 is 22.0 Å². The van der Waals surface area contributed by atoms with Gasteiger partial charge in [0.15, 0.2) is 0 Å². The van der Waals surface area contributed by atoms with Gasteiger partial charge in [-0.15, -0.1) is 0 Å². The van der Waals surface area contributed by atoms with Gasteiger partial charge in [0.1, 0.15) is 0 Å². The van der Waals surface area contributed by atoms with Gasteiger partial charge in [0, 0.05) is 10.7 Å². The maximum Gasteiger partial charge on any atom is 0.242 e. The van der Waals surface area contributed by atoms with Gasteiger partial charge in [-0.1, -0.05) is 35.4 Å². The molecular weight excluding hydrogens is 336 g/mol. The van der Waals surface area contributed by atoms with Crippen molar-refractivity contribution in [3.8, 4) is 0 Å². The predicted molar refractivity (Wildman–Crippen MR) is 91.0 cm³/mol. The fourth-order valence-electron chi connectivity index (χ4n) is 1.88. The number of anilines is 1. The fraction of sp³-hybridized carbons (Fsp3) is 0.188. The number of aryl methyl sites for hydroxylation is 1. The normalized spacial score (nSPS) is 12.7. The van der Waals surface area contributed by atoms with E-state index >= 15 is 0 Å². The summed E-state index contributed by atoms with van der Waals surface area (Å²) in [5, 5.41) is 2.97. The van der Waals surface area contributed by atoms with Crippen LogP contribution in [0.2, 0.25) is 5.02 Å². The quantitative estimate of drug-likeness (QED) is 0.868. The van der Waals surface area contributed by atoms with Crippen LogP contribution in [0, 0.1) is 6.92 Å². The van der Waals surface area contributed by atoms with Crippen molar-refractivity contribution in [1.29, 1.82) is 0 Å². The number of carbonyl (C=O) groups excluding carboxylic acids is 1. The molecule has 0 heterocycles. The first-order valence-corrected chi connectivity index (χ1v) is 8.79. The molecule has 23 heavy (non-hydrogen) atoms. The topological polar surface area (TPSA) is 75.3 Å². The average Bonchev–Trinajstić information content (AvgIpc) is 2.49. The van der Waals surface area contributed by atoms with Crippen LogP contribution >= 0.6 is 11.6 Å². The third-order valence-corrected chi connectivity index (χ3v) is 4.92. The first kappa shape index (κ1) is 17.5. The van der Waals surface area contributed by atoms with Gasteiger partial charge in [-0.3, -0.25) is 4.79 Å². The molecule has 5 nitrogen and oxygen atoms in total. The number of hydrogen-bond acceptors (Lipinski definition) is 3. The molecule has 2 aromatic carbocycles. The number of sulfonamides is 1. The number of benzene rings is 2. The summed E-state index contributed by atoms with van der Waals surface area (Å²) < 4.78 is 26.8. The van der Waals surface area contributed by atoms with Crippen LogP contribution in [0.5, 0.6) is 0 Å². The lowest BCUT2D eigenvalue weighted by Gasteiger charge is -2.14. The lowest BCUT2D eigenvalue weighted by molar-refractivity contribution is -0.117. The Kier molecular flexibility index (Phi) is 5.41. The molecular formula is C16H17ClN2O3S. The minimum atomic E-state index is -3.82. The van der Waals surface area contributed by atoms with E-state index in [1.807, 2.05) is 19.1 Å². The Morgan fingerprint density at radius 3 is 2.39 bits per heavy atom. The summed E-state index contributed by atoms with van der Waals surface area (Å²) >= 11 is 5.80. The molecule has 0 saturated carbocycles. The Morgan fingerprint density at radius 1 is 1.13 bits per heavy atom. The van der Waals surface area contributed by atoms with Crippen LogP contribution in [0.3, 0.4) is 0 Å². The SMILES string of the molecule is Cc1ccc(NC(=O)[C@H](C)NS(=O)(=O)c2cccc(Cl)c2)cc1. The van der Waals surface area contributed by atoms with Crippen LogP contribution in [0.15, 0.2) is 53.4 Å². The number of carbonyl (C=O) groups is 1. The number of amides is 1. The lowest BCUT2D eigenvalue weighted by atomic mass is 10.2. The number of nitrogens with one attached hydrogen (secondary N) is 2. The molecule has 0 aliphatic rings. The summed E-state index contributed by atoms with van der Waals surface area (Å²) in [5.74, 6) is -0.445. The molecule has 0 fully saturated rings. The molecule has 2 aromatic rings. The highest BCUT2D eigenvalue weighted by atomic mass is 35.5. The Hall–Kier alpha value is -1.89. The van der Waals surface area contributed by atoms with E-state index in [2.05, 4.69) is 10.0 Å². The van der Waals surface area contributed by atoms with E-state index in [1.54, 1.807) is 18.2 Å². The van der Waals surface area contributed by atoms with Gasteiger partial charge in [0.25, 0.3) is 0 Å². The summed E-state index contributed by atoms with van der Waals surface area (Å²) in [6, 6.07) is 12.2. The van der Waals surface area contributed by atoms with Crippen molar-refractivity contribution < 1.29 is 13.2 Å². The van der Waals surface area contributed by atoms with Crippen molar-refractivity contribution >= 4 is 33.2 Å². The molecule has 122 valence electrons. The average molecular weight is 353 g/mol. The van der Waals surface area contributed by atoms with Gasteiger partial charge in [-0.2, -0.15) is 4.72 Å². The van der Waals surface area contributed by atoms with Crippen LogP contribution in [-0.4, -0.2) is 20.4 Å². The van der Waals surface area contributed by atoms with Crippen LogP contribution in [0.1, 0.15) is 12.5 Å². The first-order chi connectivity index (χ1) is 10.8. The van der Waals surface area contributed by atoms with Gasteiger partial charge in [0.2, 0.25) is 15.9 Å². The van der Waals surface area contributed by atoms with E-state index in [9.17, 15) is 13.2 Å². The van der Waals surface area contributed by atoms with E-state index in [-0.39, 0.29) is 4.90 Å². The molecule has 0 radical (unpaired) electrons. The summed E-state index contributed by atoms with van der Waals surface area (Å²) in [4.78, 5) is 12.1. The second kappa shape index (κ2) is 7.12. The molecule has 1 amide bonds. The molecule has 0 unspecified atom stereocenters. The number of hydrogen-bond donors (Lipinski definition) is 2. The lowest BCUT2D eigenvalue weighted by Crippen LogP contribution is -2.41. The number of halogens is 1. The Labute approximate surface area is 140 Å². The molecule has 1 atom stereocenters. The number of rotatable bonds is 5. The zero-order chi connectivity index (χ0) is 17.0. The monoisotopic (exact) mass is 352 g/mol. The van der Waals surface area contributed by atoms with Crippen molar-refractivity contribution in [2.24, 2.45) is 0 Å². The predicted octanol–water partition coefficient (Wildman–Crippen LogP) is 2.95. The van der Waals surface area contributed by atoms with Crippen LogP contribution < -0.4 is 10.0 Å². The van der Waals surface area contributed by atoms with Gasteiger partial charge < -0.3 is 5.32 Å². The molecule has 2 rings (SSSR count). The van der Waals surface area contributed by atoms with Crippen molar-refractivity contribution in [3.63, 3.8) is 0 Å². The minimum absolute atomic E-state index is 0.0139. The molecule has 0 saturated heterocycles. The highest BCUT2D eigenvalue weighted by molar-refractivity contribution is 7.89. The summed E-state index contributed by atoms with van der Waals surface area (Å²) in [6.07, 6.45) is 0. The van der Waals surface area contributed by atoms with Crippen LogP contribution in [0.4, 0.5) is 5.69 Å². The Morgan fingerprint density at radius 2 is 1.78 bits per heavy atom. The fourth-order valence-corrected chi connectivity index (χ4v) is 3.38. The molecule has 0 aliphatic heterocycles. The molecule has 2 N–H and O–H groups in total. The van der Waals surface area contributed by atoms with Crippen LogP contribution in [0.25, 0.3) is 0 Å². The molecule has 0 aromatic heterocycles. The zero-order valence-electron chi connectivity index (χ0n) is 12.7. The van der Waals surface area contributed by atoms with Gasteiger partial charge >= 0.3 is 0 Å². The van der Waals surface area contributed by atoms with Gasteiger partial charge in [-0.05, 0) is 44.2 Å². The molecule has 0 bridgehead atoms. The standard InChI is InChI=1S/C16H17ClN2O3S/c1-11-6-8-14(9-7-11)18-16(20)12(2)19-23(21,22)15-5-3-4-13(17)10-15/h3-10,12,19H,1-2H3,(H,18,20)/t12-/m0/s1. The second-order valence-electron chi connectivity index (χ2n) is 5.16. The highest BCUT2D eigenvalue weighted by Crippen LogP contribution is 2.16. The summed E-state index contributed by atoms with van der Waals surface area (Å²) in [5.41, 5.74) is 1.67. The molecule has 7 heteroatoms. The van der Waals surface area contributed by atoms with Crippen molar-refractivity contribution in [2.45, 2.75) is 24.8 Å². The van der Waals surface area contributed by atoms with Crippen LogP contribution in [-0.2, 0) is 14.8 Å². The van der Waals surface area contributed by atoms with E-state index in [0.717, 1.165) is 5.56 Å². The largest absolute Gasteiger partial charge is 0.325 e. The Balaban J connectivity index is 2.06. The minimum Gasteiger partial charge on any atom is -0.325 e. The maximum atomic E-state index is 12.2.